The molecule has 1 aliphatic rings. The molecule has 7 heteroatoms. The Morgan fingerprint density at radius 2 is 2.05 bits per heavy atom. The fourth-order valence-corrected chi connectivity index (χ4v) is 4.18. The molecule has 1 fully saturated rings. The van der Waals surface area contributed by atoms with Crippen molar-refractivity contribution in [2.24, 2.45) is 0 Å². The predicted molar refractivity (Wildman–Crippen MR) is 79.1 cm³/mol. The number of pyridine rings is 1. The van der Waals surface area contributed by atoms with E-state index in [2.05, 4.69) is 10.3 Å². The number of rotatable bonds is 2. The van der Waals surface area contributed by atoms with Gasteiger partial charge in [0, 0.05) is 23.1 Å². The monoisotopic (exact) mass is 306 g/mol. The molecular weight excluding hydrogens is 292 g/mol. The quantitative estimate of drug-likeness (QED) is 0.841. The summed E-state index contributed by atoms with van der Waals surface area (Å²) in [7, 11) is -3.07. The molecule has 1 unspecified atom stereocenters. The predicted octanol–water partition coefficient (Wildman–Crippen LogP) is 0.445. The maximum atomic E-state index is 12.3. The van der Waals surface area contributed by atoms with Crippen molar-refractivity contribution in [3.8, 4) is 0 Å². The van der Waals surface area contributed by atoms with Crippen molar-refractivity contribution in [3.63, 3.8) is 0 Å². The van der Waals surface area contributed by atoms with Crippen molar-refractivity contribution < 1.29 is 13.2 Å². The Morgan fingerprint density at radius 3 is 2.76 bits per heavy atom. The van der Waals surface area contributed by atoms with Gasteiger partial charge in [-0.3, -0.25) is 9.59 Å². The van der Waals surface area contributed by atoms with Gasteiger partial charge in [-0.15, -0.1) is 0 Å². The van der Waals surface area contributed by atoms with Gasteiger partial charge in [-0.05, 0) is 18.6 Å². The van der Waals surface area contributed by atoms with Gasteiger partial charge < -0.3 is 10.3 Å². The zero-order valence-electron chi connectivity index (χ0n) is 11.1. The zero-order chi connectivity index (χ0) is 15.0. The number of amides is 1. The lowest BCUT2D eigenvalue weighted by Gasteiger charge is -2.10. The van der Waals surface area contributed by atoms with Gasteiger partial charge in [-0.2, -0.15) is 0 Å². The van der Waals surface area contributed by atoms with Gasteiger partial charge in [0.25, 0.3) is 5.91 Å². The second-order valence-electron chi connectivity index (χ2n) is 5.15. The van der Waals surface area contributed by atoms with Gasteiger partial charge in [0.2, 0.25) is 5.43 Å². The van der Waals surface area contributed by atoms with Crippen LogP contribution in [0.2, 0.25) is 0 Å². The first-order chi connectivity index (χ1) is 9.96. The van der Waals surface area contributed by atoms with Crippen LogP contribution < -0.4 is 10.7 Å². The maximum Gasteiger partial charge on any atom is 0.257 e. The zero-order valence-corrected chi connectivity index (χ0v) is 11.9. The first-order valence-electron chi connectivity index (χ1n) is 6.58. The Morgan fingerprint density at radius 1 is 1.29 bits per heavy atom. The molecule has 1 amide bonds. The molecule has 0 spiro atoms. The van der Waals surface area contributed by atoms with Crippen LogP contribution in [0.3, 0.4) is 0 Å². The minimum absolute atomic E-state index is 0.00185. The van der Waals surface area contributed by atoms with Crippen LogP contribution in [0.15, 0.2) is 35.3 Å². The summed E-state index contributed by atoms with van der Waals surface area (Å²) < 4.78 is 22.8. The number of benzene rings is 1. The van der Waals surface area contributed by atoms with Crippen LogP contribution in [0.5, 0.6) is 0 Å². The fourth-order valence-electron chi connectivity index (χ4n) is 2.51. The van der Waals surface area contributed by atoms with Crippen molar-refractivity contribution >= 4 is 26.6 Å². The molecule has 0 radical (unpaired) electrons. The maximum absolute atomic E-state index is 12.3. The number of fused-ring (bicyclic) bond motifs is 1. The molecule has 1 aromatic heterocycles. The lowest BCUT2D eigenvalue weighted by atomic mass is 10.1. The highest BCUT2D eigenvalue weighted by Crippen LogP contribution is 2.12. The summed E-state index contributed by atoms with van der Waals surface area (Å²) in [6, 6.07) is 6.49. The third kappa shape index (κ3) is 2.69. The molecule has 6 nitrogen and oxygen atoms in total. The standard InChI is InChI=1S/C14H14N2O4S/c17-13-10-3-1-2-4-12(10)15-7-11(13)14(18)16-9-5-6-21(19,20)8-9/h1-4,7,9H,5-6,8H2,(H,15,17)(H,16,18). The van der Waals surface area contributed by atoms with Crippen LogP contribution >= 0.6 is 0 Å². The summed E-state index contributed by atoms with van der Waals surface area (Å²) in [4.78, 5) is 27.3. The third-order valence-corrected chi connectivity index (χ3v) is 5.37. The van der Waals surface area contributed by atoms with E-state index in [9.17, 15) is 18.0 Å². The number of aromatic amines is 1. The van der Waals surface area contributed by atoms with Gasteiger partial charge in [0.1, 0.15) is 5.56 Å². The lowest BCUT2D eigenvalue weighted by molar-refractivity contribution is 0.0940. The topological polar surface area (TPSA) is 96.1 Å². The number of nitrogens with one attached hydrogen (secondary N) is 2. The summed E-state index contributed by atoms with van der Waals surface area (Å²) in [6.07, 6.45) is 1.75. The second kappa shape index (κ2) is 5.00. The summed E-state index contributed by atoms with van der Waals surface area (Å²) in [5.74, 6) is -0.528. The van der Waals surface area contributed by atoms with Gasteiger partial charge in [0.05, 0.1) is 11.5 Å². The fraction of sp³-hybridized carbons (Fsp3) is 0.286. The van der Waals surface area contributed by atoms with E-state index in [1.165, 1.54) is 6.20 Å². The Kier molecular flexibility index (Phi) is 3.29. The SMILES string of the molecule is O=C(NC1CCS(=O)(=O)C1)c1c[nH]c2ccccc2c1=O. The van der Waals surface area contributed by atoms with E-state index in [-0.39, 0.29) is 22.5 Å². The first kappa shape index (κ1) is 13.8. The van der Waals surface area contributed by atoms with Gasteiger partial charge in [-0.25, -0.2) is 8.42 Å². The first-order valence-corrected chi connectivity index (χ1v) is 8.40. The highest BCUT2D eigenvalue weighted by atomic mass is 32.2. The molecule has 2 heterocycles. The van der Waals surface area contributed by atoms with E-state index in [0.29, 0.717) is 17.3 Å². The average molecular weight is 306 g/mol. The van der Waals surface area contributed by atoms with Gasteiger partial charge in [0.15, 0.2) is 9.84 Å². The number of carbonyl (C=O) groups is 1. The molecule has 0 bridgehead atoms. The number of hydrogen-bond donors (Lipinski definition) is 2. The molecule has 21 heavy (non-hydrogen) atoms. The smallest absolute Gasteiger partial charge is 0.257 e. The van der Waals surface area contributed by atoms with Crippen molar-refractivity contribution in [1.82, 2.24) is 10.3 Å². The molecule has 0 aliphatic carbocycles. The Labute approximate surface area is 121 Å². The number of carbonyl (C=O) groups excluding carboxylic acids is 1. The van der Waals surface area contributed by atoms with E-state index < -0.39 is 21.8 Å². The minimum atomic E-state index is -3.07. The van der Waals surface area contributed by atoms with E-state index in [1.54, 1.807) is 24.3 Å². The van der Waals surface area contributed by atoms with E-state index in [4.69, 9.17) is 0 Å². The van der Waals surface area contributed by atoms with Crippen LogP contribution in [0.4, 0.5) is 0 Å². The number of H-pyrrole nitrogens is 1. The summed E-state index contributed by atoms with van der Waals surface area (Å²) in [5.41, 5.74) is 0.295. The molecule has 1 aliphatic heterocycles. The number of sulfone groups is 1. The molecule has 0 saturated carbocycles. The third-order valence-electron chi connectivity index (χ3n) is 3.60. The van der Waals surface area contributed by atoms with E-state index >= 15 is 0 Å². The molecule has 2 aromatic rings. The number of hydrogen-bond acceptors (Lipinski definition) is 4. The summed E-state index contributed by atoms with van der Waals surface area (Å²) in [6.45, 7) is 0. The van der Waals surface area contributed by atoms with Crippen LogP contribution in [-0.2, 0) is 9.84 Å². The Bertz CT molecular complexity index is 870. The number of para-hydroxylation sites is 1. The Hall–Kier alpha value is -2.15. The molecule has 1 atom stereocenters. The highest BCUT2D eigenvalue weighted by Gasteiger charge is 2.29. The van der Waals surface area contributed by atoms with Crippen LogP contribution in [0, 0.1) is 0 Å². The molecule has 2 N–H and O–H groups in total. The van der Waals surface area contributed by atoms with Crippen molar-refractivity contribution in [2.45, 2.75) is 12.5 Å². The van der Waals surface area contributed by atoms with Gasteiger partial charge in [-0.1, -0.05) is 12.1 Å². The van der Waals surface area contributed by atoms with Crippen molar-refractivity contribution in [3.05, 3.63) is 46.2 Å². The molecule has 110 valence electrons. The summed E-state index contributed by atoms with van der Waals surface area (Å²) in [5, 5.41) is 3.05. The molecule has 3 rings (SSSR count). The molecule has 1 aromatic carbocycles. The average Bonchev–Trinajstić information content (AvgIpc) is 2.78. The normalized spacial score (nSPS) is 20.5. The van der Waals surface area contributed by atoms with Crippen LogP contribution in [0.25, 0.3) is 10.9 Å². The number of aromatic nitrogens is 1. The molecular formula is C14H14N2O4S. The minimum Gasteiger partial charge on any atom is -0.360 e. The summed E-state index contributed by atoms with van der Waals surface area (Å²) >= 11 is 0. The van der Waals surface area contributed by atoms with Gasteiger partial charge >= 0.3 is 0 Å². The highest BCUT2D eigenvalue weighted by molar-refractivity contribution is 7.91. The van der Waals surface area contributed by atoms with Crippen LogP contribution in [0.1, 0.15) is 16.8 Å². The van der Waals surface area contributed by atoms with E-state index in [1.807, 2.05) is 0 Å². The van der Waals surface area contributed by atoms with Crippen molar-refractivity contribution in [2.75, 3.05) is 11.5 Å². The largest absolute Gasteiger partial charge is 0.360 e. The van der Waals surface area contributed by atoms with E-state index in [0.717, 1.165) is 0 Å². The van der Waals surface area contributed by atoms with Crippen molar-refractivity contribution in [1.29, 1.82) is 0 Å². The van der Waals surface area contributed by atoms with Crippen LogP contribution in [-0.4, -0.2) is 36.9 Å². The molecule has 1 saturated heterocycles. The lowest BCUT2D eigenvalue weighted by Crippen LogP contribution is -2.38. The Balaban J connectivity index is 1.89. The second-order valence-corrected chi connectivity index (χ2v) is 7.38.